The maximum absolute atomic E-state index is 12.0. The van der Waals surface area contributed by atoms with Crippen LogP contribution in [0.15, 0.2) is 21.1 Å². The molecule has 1 saturated carbocycles. The highest BCUT2D eigenvalue weighted by Crippen LogP contribution is 2.36. The van der Waals surface area contributed by atoms with Gasteiger partial charge in [-0.25, -0.2) is 0 Å². The molecule has 0 heterocycles. The standard InChI is InChI=1S/C12H14Br2N2O2/c1-18-10-6-9(7(13)5-8(10)14)16-11(17)12(15)3-2-4-12/h5-6H,2-4,15H2,1H3,(H,16,17). The average Bonchev–Trinajstić information content (AvgIpc) is 2.29. The number of nitrogens with two attached hydrogens (primary N) is 1. The van der Waals surface area contributed by atoms with E-state index in [0.29, 0.717) is 11.4 Å². The molecule has 0 aliphatic heterocycles. The van der Waals surface area contributed by atoms with E-state index in [1.807, 2.05) is 6.07 Å². The number of amides is 1. The van der Waals surface area contributed by atoms with Gasteiger partial charge < -0.3 is 15.8 Å². The van der Waals surface area contributed by atoms with E-state index in [0.717, 1.165) is 28.2 Å². The highest BCUT2D eigenvalue weighted by atomic mass is 79.9. The first-order chi connectivity index (χ1) is 8.46. The number of benzene rings is 1. The van der Waals surface area contributed by atoms with Gasteiger partial charge in [-0.2, -0.15) is 0 Å². The molecule has 1 fully saturated rings. The molecule has 3 N–H and O–H groups in total. The number of anilines is 1. The van der Waals surface area contributed by atoms with Crippen molar-refractivity contribution in [3.8, 4) is 5.75 Å². The van der Waals surface area contributed by atoms with Gasteiger partial charge in [-0.3, -0.25) is 4.79 Å². The number of ether oxygens (including phenoxy) is 1. The predicted octanol–water partition coefficient (Wildman–Crippen LogP) is 3.04. The number of carbonyl (C=O) groups is 1. The van der Waals surface area contributed by atoms with Crippen molar-refractivity contribution in [2.75, 3.05) is 12.4 Å². The lowest BCUT2D eigenvalue weighted by Crippen LogP contribution is -2.56. The van der Waals surface area contributed by atoms with Gasteiger partial charge in [0.15, 0.2) is 0 Å². The summed E-state index contributed by atoms with van der Waals surface area (Å²) in [5, 5.41) is 2.84. The minimum absolute atomic E-state index is 0.140. The largest absolute Gasteiger partial charge is 0.495 e. The molecule has 1 aromatic rings. The van der Waals surface area contributed by atoms with Crippen LogP contribution in [0.2, 0.25) is 0 Å². The van der Waals surface area contributed by atoms with E-state index in [9.17, 15) is 4.79 Å². The van der Waals surface area contributed by atoms with Crippen LogP contribution in [0.4, 0.5) is 5.69 Å². The fourth-order valence-electron chi connectivity index (χ4n) is 1.81. The molecule has 98 valence electrons. The van der Waals surface area contributed by atoms with E-state index in [1.54, 1.807) is 13.2 Å². The van der Waals surface area contributed by atoms with Gasteiger partial charge in [0, 0.05) is 10.5 Å². The number of rotatable bonds is 3. The Bertz CT molecular complexity index is 487. The van der Waals surface area contributed by atoms with Gasteiger partial charge >= 0.3 is 0 Å². The summed E-state index contributed by atoms with van der Waals surface area (Å²) in [5.74, 6) is 0.520. The molecule has 2 rings (SSSR count). The van der Waals surface area contributed by atoms with E-state index >= 15 is 0 Å². The van der Waals surface area contributed by atoms with E-state index in [1.165, 1.54) is 0 Å². The van der Waals surface area contributed by atoms with Gasteiger partial charge in [-0.05, 0) is 57.2 Å². The Balaban J connectivity index is 2.21. The molecule has 0 radical (unpaired) electrons. The maximum atomic E-state index is 12.0. The van der Waals surface area contributed by atoms with Crippen molar-refractivity contribution in [3.05, 3.63) is 21.1 Å². The minimum atomic E-state index is -0.709. The summed E-state index contributed by atoms with van der Waals surface area (Å²) in [5.41, 5.74) is 5.93. The molecule has 0 saturated heterocycles. The molecular formula is C12H14Br2N2O2. The third kappa shape index (κ3) is 2.55. The summed E-state index contributed by atoms with van der Waals surface area (Å²) < 4.78 is 6.80. The highest BCUT2D eigenvalue weighted by Gasteiger charge is 2.40. The molecule has 18 heavy (non-hydrogen) atoms. The van der Waals surface area contributed by atoms with Gasteiger partial charge in [0.05, 0.1) is 22.8 Å². The Hall–Kier alpha value is -0.590. The summed E-state index contributed by atoms with van der Waals surface area (Å²) in [4.78, 5) is 12.0. The fraction of sp³-hybridized carbons (Fsp3) is 0.417. The lowest BCUT2D eigenvalue weighted by molar-refractivity contribution is -0.123. The number of hydrogen-bond donors (Lipinski definition) is 2. The summed E-state index contributed by atoms with van der Waals surface area (Å²) in [6, 6.07) is 3.59. The van der Waals surface area contributed by atoms with Crippen LogP contribution in [0.25, 0.3) is 0 Å². The molecule has 1 amide bonds. The molecular weight excluding hydrogens is 364 g/mol. The van der Waals surface area contributed by atoms with E-state index in [4.69, 9.17) is 10.5 Å². The summed E-state index contributed by atoms with van der Waals surface area (Å²) >= 11 is 6.78. The first-order valence-electron chi connectivity index (χ1n) is 5.59. The number of halogens is 2. The monoisotopic (exact) mass is 376 g/mol. The van der Waals surface area contributed by atoms with E-state index in [-0.39, 0.29) is 5.91 Å². The van der Waals surface area contributed by atoms with Gasteiger partial charge in [-0.15, -0.1) is 0 Å². The number of hydrogen-bond acceptors (Lipinski definition) is 3. The molecule has 0 atom stereocenters. The molecule has 6 heteroatoms. The molecule has 1 aliphatic carbocycles. The highest BCUT2D eigenvalue weighted by molar-refractivity contribution is 9.11. The van der Waals surface area contributed by atoms with Crippen molar-refractivity contribution >= 4 is 43.5 Å². The summed E-state index contributed by atoms with van der Waals surface area (Å²) in [7, 11) is 1.58. The van der Waals surface area contributed by atoms with Gasteiger partial charge in [0.2, 0.25) is 5.91 Å². The third-order valence-corrected chi connectivity index (χ3v) is 4.46. The van der Waals surface area contributed by atoms with E-state index in [2.05, 4.69) is 37.2 Å². The number of nitrogens with one attached hydrogen (secondary N) is 1. The quantitative estimate of drug-likeness (QED) is 0.850. The van der Waals surface area contributed by atoms with Gasteiger partial charge in [0.25, 0.3) is 0 Å². The first-order valence-corrected chi connectivity index (χ1v) is 7.18. The topological polar surface area (TPSA) is 64.3 Å². The molecule has 0 spiro atoms. The zero-order valence-corrected chi connectivity index (χ0v) is 13.1. The Kier molecular flexibility index (Phi) is 3.99. The van der Waals surface area contributed by atoms with E-state index < -0.39 is 5.54 Å². The van der Waals surface area contributed by atoms with Gasteiger partial charge in [-0.1, -0.05) is 0 Å². The molecule has 1 aromatic carbocycles. The van der Waals surface area contributed by atoms with Crippen molar-refractivity contribution in [2.45, 2.75) is 24.8 Å². The van der Waals surface area contributed by atoms with Crippen LogP contribution in [0.1, 0.15) is 19.3 Å². The van der Waals surface area contributed by atoms with Crippen LogP contribution < -0.4 is 15.8 Å². The third-order valence-electron chi connectivity index (χ3n) is 3.19. The smallest absolute Gasteiger partial charge is 0.244 e. The minimum Gasteiger partial charge on any atom is -0.495 e. The lowest BCUT2D eigenvalue weighted by Gasteiger charge is -2.36. The summed E-state index contributed by atoms with van der Waals surface area (Å²) in [6.45, 7) is 0. The number of carbonyl (C=O) groups excluding carboxylic acids is 1. The van der Waals surface area contributed by atoms with Crippen LogP contribution in [0.3, 0.4) is 0 Å². The molecule has 0 aromatic heterocycles. The Morgan fingerprint density at radius 1 is 1.39 bits per heavy atom. The Morgan fingerprint density at radius 2 is 2.06 bits per heavy atom. The Labute approximate surface area is 123 Å². The van der Waals surface area contributed by atoms with Crippen LogP contribution in [-0.4, -0.2) is 18.6 Å². The van der Waals surface area contributed by atoms with Crippen molar-refractivity contribution in [1.82, 2.24) is 0 Å². The molecule has 0 unspecified atom stereocenters. The molecule has 1 aliphatic rings. The predicted molar refractivity (Wildman–Crippen MR) is 77.8 cm³/mol. The first kappa shape index (κ1) is 13.8. The van der Waals surface area contributed by atoms with Gasteiger partial charge in [0.1, 0.15) is 5.75 Å². The van der Waals surface area contributed by atoms with Crippen molar-refractivity contribution in [1.29, 1.82) is 0 Å². The van der Waals surface area contributed by atoms with Crippen LogP contribution in [0, 0.1) is 0 Å². The SMILES string of the molecule is COc1cc(NC(=O)C2(N)CCC2)c(Br)cc1Br. The number of methoxy groups -OCH3 is 1. The summed E-state index contributed by atoms with van der Waals surface area (Å²) in [6.07, 6.45) is 2.49. The van der Waals surface area contributed by atoms with Crippen molar-refractivity contribution in [3.63, 3.8) is 0 Å². The van der Waals surface area contributed by atoms with Crippen LogP contribution >= 0.6 is 31.9 Å². The molecule has 0 bridgehead atoms. The van der Waals surface area contributed by atoms with Crippen LogP contribution in [-0.2, 0) is 4.79 Å². The van der Waals surface area contributed by atoms with Crippen molar-refractivity contribution < 1.29 is 9.53 Å². The Morgan fingerprint density at radius 3 is 2.56 bits per heavy atom. The second kappa shape index (κ2) is 5.19. The second-order valence-electron chi connectivity index (χ2n) is 4.43. The second-order valence-corrected chi connectivity index (χ2v) is 6.14. The average molecular weight is 378 g/mol. The zero-order chi connectivity index (χ0) is 13.3. The maximum Gasteiger partial charge on any atom is 0.244 e. The fourth-order valence-corrected chi connectivity index (χ4v) is 3.07. The van der Waals surface area contributed by atoms with Crippen LogP contribution in [0.5, 0.6) is 5.75 Å². The van der Waals surface area contributed by atoms with Crippen molar-refractivity contribution in [2.24, 2.45) is 5.73 Å². The normalized spacial score (nSPS) is 16.9. The molecule has 4 nitrogen and oxygen atoms in total. The lowest BCUT2D eigenvalue weighted by atomic mass is 9.77. The zero-order valence-electron chi connectivity index (χ0n) is 9.93.